The lowest BCUT2D eigenvalue weighted by Crippen LogP contribution is -2.31. The van der Waals surface area contributed by atoms with Crippen LogP contribution >= 0.6 is 0 Å². The standard InChI is InChI=1S/C17H27NO/c1-14(2)15-6-8-16(9-7-15)17(19)10-13-18-11-4-3-5-12-18/h6-9,14,17,19H,3-5,10-13H2,1-2H3. The number of benzene rings is 1. The molecule has 0 bridgehead atoms. The maximum Gasteiger partial charge on any atom is 0.0802 e. The van der Waals surface area contributed by atoms with E-state index in [2.05, 4.69) is 43.0 Å². The van der Waals surface area contributed by atoms with Crippen LogP contribution in [0.4, 0.5) is 0 Å². The first kappa shape index (κ1) is 14.5. The molecular formula is C17H27NO. The molecule has 1 aromatic rings. The van der Waals surface area contributed by atoms with Crippen molar-refractivity contribution in [1.82, 2.24) is 4.90 Å². The summed E-state index contributed by atoms with van der Waals surface area (Å²) in [7, 11) is 0. The quantitative estimate of drug-likeness (QED) is 0.873. The summed E-state index contributed by atoms with van der Waals surface area (Å²) in [5.41, 5.74) is 2.40. The summed E-state index contributed by atoms with van der Waals surface area (Å²) < 4.78 is 0. The number of likely N-dealkylation sites (tertiary alicyclic amines) is 1. The topological polar surface area (TPSA) is 23.5 Å². The first-order chi connectivity index (χ1) is 9.16. The number of aliphatic hydroxyl groups is 1. The highest BCUT2D eigenvalue weighted by Gasteiger charge is 2.13. The molecule has 0 aromatic heterocycles. The fraction of sp³-hybridized carbons (Fsp3) is 0.647. The zero-order chi connectivity index (χ0) is 13.7. The van der Waals surface area contributed by atoms with E-state index in [0.29, 0.717) is 5.92 Å². The van der Waals surface area contributed by atoms with E-state index >= 15 is 0 Å². The second-order valence-electron chi connectivity index (χ2n) is 6.03. The van der Waals surface area contributed by atoms with Crippen LogP contribution in [0.1, 0.15) is 62.7 Å². The van der Waals surface area contributed by atoms with Crippen LogP contribution in [0.5, 0.6) is 0 Å². The lowest BCUT2D eigenvalue weighted by molar-refractivity contribution is 0.134. The maximum atomic E-state index is 10.3. The van der Waals surface area contributed by atoms with Gasteiger partial charge in [-0.2, -0.15) is 0 Å². The van der Waals surface area contributed by atoms with E-state index in [1.54, 1.807) is 0 Å². The highest BCUT2D eigenvalue weighted by Crippen LogP contribution is 2.21. The molecule has 1 N–H and O–H groups in total. The zero-order valence-electron chi connectivity index (χ0n) is 12.3. The van der Waals surface area contributed by atoms with E-state index in [9.17, 15) is 5.11 Å². The van der Waals surface area contributed by atoms with Gasteiger partial charge in [-0.15, -0.1) is 0 Å². The van der Waals surface area contributed by atoms with Gasteiger partial charge < -0.3 is 10.0 Å². The van der Waals surface area contributed by atoms with Gasteiger partial charge in [0.2, 0.25) is 0 Å². The van der Waals surface area contributed by atoms with Crippen molar-refractivity contribution in [3.05, 3.63) is 35.4 Å². The van der Waals surface area contributed by atoms with Crippen LogP contribution < -0.4 is 0 Å². The van der Waals surface area contributed by atoms with Crippen LogP contribution in [0.25, 0.3) is 0 Å². The second-order valence-corrected chi connectivity index (χ2v) is 6.03. The van der Waals surface area contributed by atoms with E-state index in [1.807, 2.05) is 0 Å². The molecule has 2 nitrogen and oxygen atoms in total. The molecule has 0 saturated carbocycles. The molecule has 2 heteroatoms. The van der Waals surface area contributed by atoms with Crippen LogP contribution in [-0.4, -0.2) is 29.6 Å². The Morgan fingerprint density at radius 2 is 1.58 bits per heavy atom. The second kappa shape index (κ2) is 7.06. The van der Waals surface area contributed by atoms with Crippen LogP contribution in [0.3, 0.4) is 0 Å². The van der Waals surface area contributed by atoms with E-state index in [-0.39, 0.29) is 6.10 Å². The van der Waals surface area contributed by atoms with E-state index in [4.69, 9.17) is 0 Å². The molecular weight excluding hydrogens is 234 g/mol. The number of nitrogens with zero attached hydrogens (tertiary/aromatic N) is 1. The first-order valence-electron chi connectivity index (χ1n) is 7.67. The summed E-state index contributed by atoms with van der Waals surface area (Å²) in [5.74, 6) is 0.555. The molecule has 0 radical (unpaired) electrons. The molecule has 2 rings (SSSR count). The molecule has 1 aliphatic rings. The summed E-state index contributed by atoms with van der Waals surface area (Å²) >= 11 is 0. The molecule has 1 atom stereocenters. The van der Waals surface area contributed by atoms with Crippen molar-refractivity contribution in [3.63, 3.8) is 0 Å². The molecule has 106 valence electrons. The normalized spacial score (nSPS) is 18.7. The molecule has 1 saturated heterocycles. The Bertz CT molecular complexity index is 365. The van der Waals surface area contributed by atoms with Gasteiger partial charge in [-0.3, -0.25) is 0 Å². The summed E-state index contributed by atoms with van der Waals surface area (Å²) in [4.78, 5) is 2.48. The number of hydrogen-bond acceptors (Lipinski definition) is 2. The zero-order valence-corrected chi connectivity index (χ0v) is 12.3. The SMILES string of the molecule is CC(C)c1ccc(C(O)CCN2CCCCC2)cc1. The van der Waals surface area contributed by atoms with Gasteiger partial charge in [0.15, 0.2) is 0 Å². The van der Waals surface area contributed by atoms with Crippen LogP contribution in [0, 0.1) is 0 Å². The maximum absolute atomic E-state index is 10.3. The van der Waals surface area contributed by atoms with Gasteiger partial charge in [-0.25, -0.2) is 0 Å². The van der Waals surface area contributed by atoms with Crippen molar-refractivity contribution in [2.45, 2.75) is 51.6 Å². The average molecular weight is 261 g/mol. The fourth-order valence-corrected chi connectivity index (χ4v) is 2.76. The lowest BCUT2D eigenvalue weighted by atomic mass is 9.99. The van der Waals surface area contributed by atoms with E-state index < -0.39 is 0 Å². The van der Waals surface area contributed by atoms with Crippen molar-refractivity contribution in [2.75, 3.05) is 19.6 Å². The monoisotopic (exact) mass is 261 g/mol. The summed E-state index contributed by atoms with van der Waals surface area (Å²) in [6.07, 6.45) is 4.54. The Kier molecular flexibility index (Phi) is 5.41. The van der Waals surface area contributed by atoms with Gasteiger partial charge in [-0.1, -0.05) is 44.5 Å². The van der Waals surface area contributed by atoms with Gasteiger partial charge in [-0.05, 0) is 49.4 Å². The number of rotatable bonds is 5. The summed E-state index contributed by atoms with van der Waals surface area (Å²) in [6.45, 7) is 7.83. The smallest absolute Gasteiger partial charge is 0.0802 e. The van der Waals surface area contributed by atoms with Crippen molar-refractivity contribution in [1.29, 1.82) is 0 Å². The molecule has 1 unspecified atom stereocenters. The van der Waals surface area contributed by atoms with Gasteiger partial charge in [0.25, 0.3) is 0 Å². The first-order valence-corrected chi connectivity index (χ1v) is 7.67. The van der Waals surface area contributed by atoms with Crippen molar-refractivity contribution in [3.8, 4) is 0 Å². The minimum absolute atomic E-state index is 0.317. The van der Waals surface area contributed by atoms with Gasteiger partial charge in [0.05, 0.1) is 6.10 Å². The van der Waals surface area contributed by atoms with Crippen molar-refractivity contribution < 1.29 is 5.11 Å². The van der Waals surface area contributed by atoms with Crippen LogP contribution in [0.15, 0.2) is 24.3 Å². The molecule has 1 aromatic carbocycles. The minimum Gasteiger partial charge on any atom is -0.388 e. The Labute approximate surface area is 117 Å². The van der Waals surface area contributed by atoms with Gasteiger partial charge >= 0.3 is 0 Å². The third-order valence-corrected chi connectivity index (χ3v) is 4.16. The predicted octanol–water partition coefficient (Wildman–Crippen LogP) is 3.72. The third-order valence-electron chi connectivity index (χ3n) is 4.16. The third kappa shape index (κ3) is 4.32. The Morgan fingerprint density at radius 1 is 1.00 bits per heavy atom. The molecule has 0 spiro atoms. The average Bonchev–Trinajstić information content (AvgIpc) is 2.46. The van der Waals surface area contributed by atoms with Crippen molar-refractivity contribution >= 4 is 0 Å². The van der Waals surface area contributed by atoms with Crippen LogP contribution in [0.2, 0.25) is 0 Å². The largest absolute Gasteiger partial charge is 0.388 e. The predicted molar refractivity (Wildman–Crippen MR) is 80.4 cm³/mol. The molecule has 0 amide bonds. The highest BCUT2D eigenvalue weighted by atomic mass is 16.3. The Hall–Kier alpha value is -0.860. The number of hydrogen-bond donors (Lipinski definition) is 1. The molecule has 1 fully saturated rings. The van der Waals surface area contributed by atoms with Gasteiger partial charge in [0, 0.05) is 6.54 Å². The highest BCUT2D eigenvalue weighted by molar-refractivity contribution is 5.26. The minimum atomic E-state index is -0.317. The molecule has 0 aliphatic carbocycles. The molecule has 1 aliphatic heterocycles. The van der Waals surface area contributed by atoms with E-state index in [0.717, 1.165) is 18.5 Å². The van der Waals surface area contributed by atoms with Crippen LogP contribution in [-0.2, 0) is 0 Å². The Morgan fingerprint density at radius 3 is 2.16 bits per heavy atom. The fourth-order valence-electron chi connectivity index (χ4n) is 2.76. The van der Waals surface area contributed by atoms with Gasteiger partial charge in [0.1, 0.15) is 0 Å². The molecule has 1 heterocycles. The summed E-state index contributed by atoms with van der Waals surface area (Å²) in [6, 6.07) is 8.45. The number of piperidine rings is 1. The summed E-state index contributed by atoms with van der Waals surface area (Å²) in [5, 5.41) is 10.3. The van der Waals surface area contributed by atoms with E-state index in [1.165, 1.54) is 37.9 Å². The number of aliphatic hydroxyl groups excluding tert-OH is 1. The molecule has 19 heavy (non-hydrogen) atoms. The lowest BCUT2D eigenvalue weighted by Gasteiger charge is -2.27. The Balaban J connectivity index is 1.83. The van der Waals surface area contributed by atoms with Crippen molar-refractivity contribution in [2.24, 2.45) is 0 Å².